The van der Waals surface area contributed by atoms with Gasteiger partial charge in [-0.15, -0.1) is 0 Å². The molecule has 1 heterocycles. The molecule has 5 nitrogen and oxygen atoms in total. The van der Waals surface area contributed by atoms with E-state index in [4.69, 9.17) is 10.9 Å². The number of hydrogen-bond acceptors (Lipinski definition) is 4. The van der Waals surface area contributed by atoms with Crippen LogP contribution in [0.25, 0.3) is 0 Å². The van der Waals surface area contributed by atoms with Gasteiger partial charge in [0.2, 0.25) is 0 Å². The van der Waals surface area contributed by atoms with Gasteiger partial charge in [-0.05, 0) is 30.9 Å². The Morgan fingerprint density at radius 1 is 1.50 bits per heavy atom. The predicted molar refractivity (Wildman–Crippen MR) is 81.2 cm³/mol. The van der Waals surface area contributed by atoms with Crippen molar-refractivity contribution in [1.29, 1.82) is 0 Å². The van der Waals surface area contributed by atoms with E-state index >= 15 is 0 Å². The number of pyridine rings is 1. The Hall–Kier alpha value is -1.78. The lowest BCUT2D eigenvalue weighted by Gasteiger charge is -2.33. The molecule has 2 rings (SSSR count). The van der Waals surface area contributed by atoms with Gasteiger partial charge in [0.1, 0.15) is 5.69 Å². The molecular weight excluding hydrogens is 252 g/mol. The highest BCUT2D eigenvalue weighted by Crippen LogP contribution is 2.29. The number of aromatic nitrogens is 1. The molecule has 1 aliphatic carbocycles. The van der Waals surface area contributed by atoms with E-state index in [1.54, 1.807) is 6.20 Å². The van der Waals surface area contributed by atoms with Gasteiger partial charge in [0.05, 0.1) is 0 Å². The SMILES string of the molecule is CC(C)CN(c1ccnc(/C(N)=N/O)c1)C1CCCC1. The molecule has 20 heavy (non-hydrogen) atoms. The van der Waals surface area contributed by atoms with E-state index in [-0.39, 0.29) is 5.84 Å². The van der Waals surface area contributed by atoms with Gasteiger partial charge >= 0.3 is 0 Å². The third-order valence-corrected chi connectivity index (χ3v) is 3.77. The summed E-state index contributed by atoms with van der Waals surface area (Å²) in [6, 6.07) is 4.52. The molecule has 0 saturated heterocycles. The summed E-state index contributed by atoms with van der Waals surface area (Å²) in [6.45, 7) is 5.48. The standard InChI is InChI=1S/C15H24N4O/c1-11(2)10-19(12-5-3-4-6-12)13-7-8-17-14(9-13)15(16)18-20/h7-9,11-12,20H,3-6,10H2,1-2H3,(H2,16,18). The van der Waals surface area contributed by atoms with Gasteiger partial charge in [-0.3, -0.25) is 4.98 Å². The third kappa shape index (κ3) is 3.40. The molecule has 1 aromatic rings. The fourth-order valence-electron chi connectivity index (χ4n) is 2.86. The molecule has 0 atom stereocenters. The molecule has 1 aliphatic rings. The summed E-state index contributed by atoms with van der Waals surface area (Å²) in [7, 11) is 0. The van der Waals surface area contributed by atoms with Crippen LogP contribution in [0.4, 0.5) is 5.69 Å². The Morgan fingerprint density at radius 3 is 2.80 bits per heavy atom. The van der Waals surface area contributed by atoms with Gasteiger partial charge in [0.25, 0.3) is 0 Å². The van der Waals surface area contributed by atoms with E-state index in [9.17, 15) is 0 Å². The van der Waals surface area contributed by atoms with Crippen LogP contribution in [-0.4, -0.2) is 28.6 Å². The molecule has 0 amide bonds. The van der Waals surface area contributed by atoms with E-state index in [1.807, 2.05) is 12.1 Å². The Balaban J connectivity index is 2.27. The highest BCUT2D eigenvalue weighted by Gasteiger charge is 2.23. The number of nitrogens with zero attached hydrogens (tertiary/aromatic N) is 3. The molecule has 0 radical (unpaired) electrons. The number of rotatable bonds is 5. The monoisotopic (exact) mass is 276 g/mol. The van der Waals surface area contributed by atoms with Gasteiger partial charge in [-0.25, -0.2) is 0 Å². The van der Waals surface area contributed by atoms with E-state index < -0.39 is 0 Å². The molecule has 0 aromatic carbocycles. The fraction of sp³-hybridized carbons (Fsp3) is 0.600. The first-order chi connectivity index (χ1) is 9.61. The Bertz CT molecular complexity index is 467. The summed E-state index contributed by atoms with van der Waals surface area (Å²) in [5, 5.41) is 11.8. The third-order valence-electron chi connectivity index (χ3n) is 3.77. The van der Waals surface area contributed by atoms with E-state index in [1.165, 1.54) is 25.7 Å². The van der Waals surface area contributed by atoms with Crippen molar-refractivity contribution in [3.63, 3.8) is 0 Å². The zero-order valence-electron chi connectivity index (χ0n) is 12.3. The maximum absolute atomic E-state index is 8.78. The topological polar surface area (TPSA) is 74.7 Å². The first-order valence-electron chi connectivity index (χ1n) is 7.32. The van der Waals surface area contributed by atoms with Crippen LogP contribution in [0.5, 0.6) is 0 Å². The van der Waals surface area contributed by atoms with Gasteiger partial charge in [-0.1, -0.05) is 31.8 Å². The van der Waals surface area contributed by atoms with E-state index in [2.05, 4.69) is 28.9 Å². The number of hydrogen-bond donors (Lipinski definition) is 2. The Morgan fingerprint density at radius 2 is 2.20 bits per heavy atom. The second kappa shape index (κ2) is 6.59. The minimum absolute atomic E-state index is 0.0581. The molecule has 110 valence electrons. The van der Waals surface area contributed by atoms with Gasteiger partial charge in [-0.2, -0.15) is 0 Å². The highest BCUT2D eigenvalue weighted by molar-refractivity contribution is 5.95. The van der Waals surface area contributed by atoms with Crippen molar-refractivity contribution in [2.75, 3.05) is 11.4 Å². The van der Waals surface area contributed by atoms with Crippen molar-refractivity contribution in [1.82, 2.24) is 4.98 Å². The number of amidine groups is 1. The zero-order valence-corrected chi connectivity index (χ0v) is 12.3. The summed E-state index contributed by atoms with van der Waals surface area (Å²) in [4.78, 5) is 6.61. The van der Waals surface area contributed by atoms with Crippen LogP contribution in [0.15, 0.2) is 23.5 Å². The normalized spacial score (nSPS) is 16.9. The Labute approximate surface area is 120 Å². The van der Waals surface area contributed by atoms with Crippen LogP contribution in [0, 0.1) is 5.92 Å². The maximum Gasteiger partial charge on any atom is 0.188 e. The van der Waals surface area contributed by atoms with Crippen LogP contribution < -0.4 is 10.6 Å². The maximum atomic E-state index is 8.78. The smallest absolute Gasteiger partial charge is 0.188 e. The number of anilines is 1. The average Bonchev–Trinajstić information content (AvgIpc) is 2.97. The molecule has 1 aromatic heterocycles. The minimum atomic E-state index is 0.0581. The minimum Gasteiger partial charge on any atom is -0.409 e. The molecule has 1 saturated carbocycles. The van der Waals surface area contributed by atoms with Gasteiger partial charge in [0, 0.05) is 24.5 Å². The molecule has 0 bridgehead atoms. The van der Waals surface area contributed by atoms with E-state index in [0.717, 1.165) is 12.2 Å². The summed E-state index contributed by atoms with van der Waals surface area (Å²) in [5.74, 6) is 0.652. The first-order valence-corrected chi connectivity index (χ1v) is 7.32. The molecular formula is C15H24N4O. The quantitative estimate of drug-likeness (QED) is 0.375. The van der Waals surface area contributed by atoms with Crippen molar-refractivity contribution in [3.05, 3.63) is 24.0 Å². The summed E-state index contributed by atoms with van der Waals surface area (Å²) in [6.07, 6.45) is 6.82. The summed E-state index contributed by atoms with van der Waals surface area (Å²) >= 11 is 0. The molecule has 1 fully saturated rings. The largest absolute Gasteiger partial charge is 0.409 e. The molecule has 0 spiro atoms. The van der Waals surface area contributed by atoms with Crippen molar-refractivity contribution < 1.29 is 5.21 Å². The van der Waals surface area contributed by atoms with Crippen molar-refractivity contribution in [2.24, 2.45) is 16.8 Å². The zero-order chi connectivity index (χ0) is 14.5. The van der Waals surface area contributed by atoms with Crippen LogP contribution in [0.2, 0.25) is 0 Å². The summed E-state index contributed by atoms with van der Waals surface area (Å²) < 4.78 is 0. The second-order valence-electron chi connectivity index (χ2n) is 5.87. The highest BCUT2D eigenvalue weighted by atomic mass is 16.4. The average molecular weight is 276 g/mol. The van der Waals surface area contributed by atoms with Crippen LogP contribution in [0.3, 0.4) is 0 Å². The second-order valence-corrected chi connectivity index (χ2v) is 5.87. The van der Waals surface area contributed by atoms with Crippen LogP contribution in [-0.2, 0) is 0 Å². The molecule has 5 heteroatoms. The first kappa shape index (κ1) is 14.6. The van der Waals surface area contributed by atoms with Crippen molar-refractivity contribution in [2.45, 2.75) is 45.6 Å². The summed E-state index contributed by atoms with van der Waals surface area (Å²) in [5.41, 5.74) is 7.27. The van der Waals surface area contributed by atoms with Crippen molar-refractivity contribution in [3.8, 4) is 0 Å². The van der Waals surface area contributed by atoms with Crippen molar-refractivity contribution >= 4 is 11.5 Å². The lowest BCUT2D eigenvalue weighted by molar-refractivity contribution is 0.318. The Kier molecular flexibility index (Phi) is 4.82. The van der Waals surface area contributed by atoms with Gasteiger partial charge in [0.15, 0.2) is 5.84 Å². The molecule has 0 unspecified atom stereocenters. The van der Waals surface area contributed by atoms with Crippen LogP contribution in [0.1, 0.15) is 45.2 Å². The predicted octanol–water partition coefficient (Wildman–Crippen LogP) is 2.58. The van der Waals surface area contributed by atoms with Gasteiger partial charge < -0.3 is 15.8 Å². The lowest BCUT2D eigenvalue weighted by atomic mass is 10.1. The lowest BCUT2D eigenvalue weighted by Crippen LogP contribution is -2.36. The van der Waals surface area contributed by atoms with E-state index in [0.29, 0.717) is 17.7 Å². The van der Waals surface area contributed by atoms with Crippen LogP contribution >= 0.6 is 0 Å². The fourth-order valence-corrected chi connectivity index (χ4v) is 2.86. The number of oxime groups is 1. The molecule has 0 aliphatic heterocycles. The molecule has 3 N–H and O–H groups in total. The number of nitrogens with two attached hydrogens (primary N) is 1.